The van der Waals surface area contributed by atoms with Crippen molar-refractivity contribution < 1.29 is 9.53 Å². The predicted molar refractivity (Wildman–Crippen MR) is 106 cm³/mol. The van der Waals surface area contributed by atoms with Crippen LogP contribution < -0.4 is 4.74 Å². The molecule has 0 aliphatic heterocycles. The van der Waals surface area contributed by atoms with Gasteiger partial charge in [-0.1, -0.05) is 49.0 Å². The fourth-order valence-electron chi connectivity index (χ4n) is 3.19. The van der Waals surface area contributed by atoms with Crippen molar-refractivity contribution in [3.8, 4) is 17.0 Å². The number of hydrogen-bond acceptors (Lipinski definition) is 3. The maximum absolute atomic E-state index is 13.2. The monoisotopic (exact) mass is 343 g/mol. The Morgan fingerprint density at radius 2 is 1.58 bits per heavy atom. The predicted octanol–water partition coefficient (Wildman–Crippen LogP) is 5.27. The van der Waals surface area contributed by atoms with Gasteiger partial charge in [-0.2, -0.15) is 0 Å². The SMILES string of the molecule is C=C(C(=O)c1c(C)cccc1C)c1ccccc1-c1cccnc1OC. The highest BCUT2D eigenvalue weighted by Crippen LogP contribution is 2.34. The van der Waals surface area contributed by atoms with Crippen LogP contribution in [0.25, 0.3) is 16.7 Å². The van der Waals surface area contributed by atoms with Crippen molar-refractivity contribution in [1.29, 1.82) is 0 Å². The van der Waals surface area contributed by atoms with Crippen molar-refractivity contribution >= 4 is 11.4 Å². The highest BCUT2D eigenvalue weighted by molar-refractivity contribution is 6.30. The van der Waals surface area contributed by atoms with Crippen molar-refractivity contribution in [3.63, 3.8) is 0 Å². The second kappa shape index (κ2) is 7.36. The zero-order valence-electron chi connectivity index (χ0n) is 15.2. The molecule has 0 unspecified atom stereocenters. The third-order valence-corrected chi connectivity index (χ3v) is 4.49. The van der Waals surface area contributed by atoms with E-state index in [1.165, 1.54) is 0 Å². The van der Waals surface area contributed by atoms with Gasteiger partial charge >= 0.3 is 0 Å². The van der Waals surface area contributed by atoms with E-state index < -0.39 is 0 Å². The molecule has 0 aliphatic rings. The summed E-state index contributed by atoms with van der Waals surface area (Å²) in [5, 5.41) is 0. The Hall–Kier alpha value is -3.20. The fourth-order valence-corrected chi connectivity index (χ4v) is 3.19. The summed E-state index contributed by atoms with van der Waals surface area (Å²) in [7, 11) is 1.59. The molecule has 0 N–H and O–H groups in total. The lowest BCUT2D eigenvalue weighted by atomic mass is 9.88. The number of ether oxygens (including phenoxy) is 1. The fraction of sp³-hybridized carbons (Fsp3) is 0.130. The third-order valence-electron chi connectivity index (χ3n) is 4.49. The molecule has 0 fully saturated rings. The van der Waals surface area contributed by atoms with Crippen LogP contribution in [0.3, 0.4) is 0 Å². The molecular formula is C23H21NO2. The first-order valence-corrected chi connectivity index (χ1v) is 8.43. The summed E-state index contributed by atoms with van der Waals surface area (Å²) in [6.07, 6.45) is 1.68. The van der Waals surface area contributed by atoms with E-state index in [2.05, 4.69) is 11.6 Å². The third kappa shape index (κ3) is 3.16. The van der Waals surface area contributed by atoms with Crippen LogP contribution in [0.15, 0.2) is 67.4 Å². The Morgan fingerprint density at radius 1 is 0.923 bits per heavy atom. The first-order valence-electron chi connectivity index (χ1n) is 8.43. The van der Waals surface area contributed by atoms with Gasteiger partial charge in [0.1, 0.15) is 0 Å². The molecule has 26 heavy (non-hydrogen) atoms. The van der Waals surface area contributed by atoms with Gasteiger partial charge < -0.3 is 4.74 Å². The molecule has 0 atom stereocenters. The molecule has 2 aromatic carbocycles. The van der Waals surface area contributed by atoms with E-state index in [1.807, 2.05) is 68.4 Å². The van der Waals surface area contributed by atoms with Gasteiger partial charge in [-0.15, -0.1) is 0 Å². The number of pyridine rings is 1. The summed E-state index contributed by atoms with van der Waals surface area (Å²) < 4.78 is 5.39. The number of carbonyl (C=O) groups excluding carboxylic acids is 1. The van der Waals surface area contributed by atoms with Crippen molar-refractivity contribution in [2.45, 2.75) is 13.8 Å². The second-order valence-electron chi connectivity index (χ2n) is 6.18. The molecule has 130 valence electrons. The summed E-state index contributed by atoms with van der Waals surface area (Å²) >= 11 is 0. The summed E-state index contributed by atoms with van der Waals surface area (Å²) in [4.78, 5) is 17.4. The van der Waals surface area contributed by atoms with Gasteiger partial charge in [-0.25, -0.2) is 4.98 Å². The molecule has 0 bridgehead atoms. The molecule has 0 saturated heterocycles. The van der Waals surface area contributed by atoms with Crippen LogP contribution in [-0.4, -0.2) is 17.9 Å². The number of ketones is 1. The minimum Gasteiger partial charge on any atom is -0.481 e. The zero-order valence-corrected chi connectivity index (χ0v) is 15.2. The molecule has 3 heteroatoms. The average molecular weight is 343 g/mol. The highest BCUT2D eigenvalue weighted by atomic mass is 16.5. The number of benzene rings is 2. The van der Waals surface area contributed by atoms with Crippen LogP contribution in [0.2, 0.25) is 0 Å². The van der Waals surface area contributed by atoms with E-state index in [-0.39, 0.29) is 5.78 Å². The molecule has 0 spiro atoms. The van der Waals surface area contributed by atoms with Gasteiger partial charge in [0, 0.05) is 22.9 Å². The normalized spacial score (nSPS) is 10.4. The first-order chi connectivity index (χ1) is 12.5. The second-order valence-corrected chi connectivity index (χ2v) is 6.18. The molecule has 3 rings (SSSR count). The van der Waals surface area contributed by atoms with E-state index >= 15 is 0 Å². The van der Waals surface area contributed by atoms with E-state index in [4.69, 9.17) is 4.74 Å². The van der Waals surface area contributed by atoms with Gasteiger partial charge in [0.15, 0.2) is 5.78 Å². The van der Waals surface area contributed by atoms with Crippen LogP contribution in [0, 0.1) is 13.8 Å². The maximum atomic E-state index is 13.2. The zero-order chi connectivity index (χ0) is 18.7. The van der Waals surface area contributed by atoms with Crippen LogP contribution in [0.4, 0.5) is 0 Å². The van der Waals surface area contributed by atoms with Crippen LogP contribution >= 0.6 is 0 Å². The summed E-state index contributed by atoms with van der Waals surface area (Å²) in [5.41, 5.74) is 5.57. The average Bonchev–Trinajstić information content (AvgIpc) is 2.67. The molecule has 3 nitrogen and oxygen atoms in total. The Kier molecular flexibility index (Phi) is 4.99. The van der Waals surface area contributed by atoms with Crippen LogP contribution in [0.5, 0.6) is 5.88 Å². The number of Topliss-reactive ketones (excluding diaryl/α,β-unsaturated/α-hetero) is 1. The quantitative estimate of drug-likeness (QED) is 0.468. The van der Waals surface area contributed by atoms with E-state index in [9.17, 15) is 4.79 Å². The number of rotatable bonds is 5. The van der Waals surface area contributed by atoms with E-state index in [0.29, 0.717) is 17.0 Å². The Labute approximate surface area is 154 Å². The highest BCUT2D eigenvalue weighted by Gasteiger charge is 2.20. The number of allylic oxidation sites excluding steroid dienone is 1. The molecule has 0 radical (unpaired) electrons. The van der Waals surface area contributed by atoms with E-state index in [0.717, 1.165) is 27.8 Å². The Balaban J connectivity index is 2.11. The number of aromatic nitrogens is 1. The summed E-state index contributed by atoms with van der Waals surface area (Å²) in [6.45, 7) is 8.01. The number of nitrogens with zero attached hydrogens (tertiary/aromatic N) is 1. The topological polar surface area (TPSA) is 39.2 Å². The van der Waals surface area contributed by atoms with Crippen LogP contribution in [0.1, 0.15) is 27.0 Å². The number of hydrogen-bond donors (Lipinski definition) is 0. The number of carbonyl (C=O) groups is 1. The minimum absolute atomic E-state index is 0.0593. The van der Waals surface area contributed by atoms with Gasteiger partial charge in [0.2, 0.25) is 5.88 Å². The lowest BCUT2D eigenvalue weighted by Crippen LogP contribution is -2.07. The smallest absolute Gasteiger partial charge is 0.221 e. The van der Waals surface area contributed by atoms with Crippen molar-refractivity contribution in [3.05, 3.63) is 89.6 Å². The minimum atomic E-state index is -0.0593. The van der Waals surface area contributed by atoms with E-state index in [1.54, 1.807) is 13.3 Å². The molecule has 1 heterocycles. The van der Waals surface area contributed by atoms with Crippen molar-refractivity contribution in [2.24, 2.45) is 0 Å². The van der Waals surface area contributed by atoms with Crippen molar-refractivity contribution in [2.75, 3.05) is 7.11 Å². The van der Waals surface area contributed by atoms with Crippen LogP contribution in [-0.2, 0) is 0 Å². The lowest BCUT2D eigenvalue weighted by Gasteiger charge is -2.15. The molecule has 0 saturated carbocycles. The Bertz CT molecular complexity index is 969. The number of methoxy groups -OCH3 is 1. The molecular weight excluding hydrogens is 322 g/mol. The Morgan fingerprint density at radius 3 is 2.27 bits per heavy atom. The van der Waals surface area contributed by atoms with Gasteiger partial charge in [0.05, 0.1) is 7.11 Å². The van der Waals surface area contributed by atoms with Gasteiger partial charge in [-0.3, -0.25) is 4.79 Å². The number of aryl methyl sites for hydroxylation is 2. The molecule has 1 aromatic heterocycles. The largest absolute Gasteiger partial charge is 0.481 e. The summed E-state index contributed by atoms with van der Waals surface area (Å²) in [5.74, 6) is 0.461. The maximum Gasteiger partial charge on any atom is 0.221 e. The summed E-state index contributed by atoms with van der Waals surface area (Å²) in [6, 6.07) is 17.3. The standard InChI is InChI=1S/C23H21NO2/c1-15-9-7-10-16(2)21(15)22(25)17(3)18-11-5-6-12-19(18)20-13-8-14-24-23(20)26-4/h5-14H,3H2,1-2,4H3. The molecule has 0 amide bonds. The van der Waals surface area contributed by atoms with Crippen molar-refractivity contribution in [1.82, 2.24) is 4.98 Å². The molecule has 3 aromatic rings. The lowest BCUT2D eigenvalue weighted by molar-refractivity contribution is 0.105. The van der Waals surface area contributed by atoms with Gasteiger partial charge in [0.25, 0.3) is 0 Å². The van der Waals surface area contributed by atoms with Gasteiger partial charge in [-0.05, 0) is 48.2 Å². The first kappa shape index (κ1) is 17.6. The molecule has 0 aliphatic carbocycles.